The van der Waals surface area contributed by atoms with E-state index in [-0.39, 0.29) is 30.0 Å². The van der Waals surface area contributed by atoms with Crippen molar-refractivity contribution in [1.82, 2.24) is 4.98 Å². The van der Waals surface area contributed by atoms with E-state index in [9.17, 15) is 14.7 Å². The Bertz CT molecular complexity index is 1750. The van der Waals surface area contributed by atoms with Crippen LogP contribution in [0.3, 0.4) is 0 Å². The van der Waals surface area contributed by atoms with E-state index in [4.69, 9.17) is 18.9 Å². The summed E-state index contributed by atoms with van der Waals surface area (Å²) in [6.07, 6.45) is 6.73. The predicted molar refractivity (Wildman–Crippen MR) is 157 cm³/mol. The van der Waals surface area contributed by atoms with E-state index in [2.05, 4.69) is 11.1 Å². The van der Waals surface area contributed by atoms with Crippen LogP contribution in [0.25, 0.3) is 16.5 Å². The van der Waals surface area contributed by atoms with Crippen LogP contribution < -0.4 is 14.2 Å². The molecule has 2 aromatic carbocycles. The summed E-state index contributed by atoms with van der Waals surface area (Å²) in [4.78, 5) is 30.0. The lowest BCUT2D eigenvalue weighted by atomic mass is 9.66. The summed E-state index contributed by atoms with van der Waals surface area (Å²) in [5, 5.41) is 11.8. The minimum Gasteiger partial charge on any atom is -0.496 e. The van der Waals surface area contributed by atoms with Crippen LogP contribution in [0.15, 0.2) is 65.6 Å². The fraction of sp³-hybridized carbons (Fsp3) is 0.353. The molecule has 42 heavy (non-hydrogen) atoms. The van der Waals surface area contributed by atoms with Gasteiger partial charge in [0, 0.05) is 53.2 Å². The van der Waals surface area contributed by atoms with Crippen molar-refractivity contribution in [1.29, 1.82) is 0 Å². The molecule has 3 unspecified atom stereocenters. The Labute approximate surface area is 243 Å². The number of fused-ring (bicyclic) bond motifs is 6. The number of carbonyl (C=O) groups excluding carboxylic acids is 2. The molecule has 0 amide bonds. The van der Waals surface area contributed by atoms with Gasteiger partial charge in [-0.2, -0.15) is 0 Å². The first-order valence-corrected chi connectivity index (χ1v) is 14.4. The molecular weight excluding hydrogens is 534 g/mol. The van der Waals surface area contributed by atoms with Crippen LogP contribution in [0, 0.1) is 5.92 Å². The standard InChI is InChI=1S/C34H33NO7/c1-5-40-33(37)32-21-8-7-19-20(9-11-24(36)28(19)18-6-10-23-17(14-18)12-13-35-23)29(21)30-26(42-32)16-25-22(31(30)39-4)15-27(41-25)34(2,3)38/h6-8,10,12-14,16,19,27-28,35,38H,5,9,11,15H2,1-4H3. The van der Waals surface area contributed by atoms with E-state index in [1.54, 1.807) is 33.9 Å². The van der Waals surface area contributed by atoms with Gasteiger partial charge in [0.25, 0.3) is 0 Å². The van der Waals surface area contributed by atoms with E-state index in [0.29, 0.717) is 42.1 Å². The summed E-state index contributed by atoms with van der Waals surface area (Å²) in [5.74, 6) is 0.734. The summed E-state index contributed by atoms with van der Waals surface area (Å²) in [6, 6.07) is 9.92. The molecule has 2 N–H and O–H groups in total. The molecule has 1 fully saturated rings. The van der Waals surface area contributed by atoms with Gasteiger partial charge in [-0.25, -0.2) is 4.79 Å². The number of ether oxygens (including phenoxy) is 4. The van der Waals surface area contributed by atoms with Crippen molar-refractivity contribution in [2.75, 3.05) is 13.7 Å². The van der Waals surface area contributed by atoms with E-state index in [0.717, 1.165) is 38.7 Å². The Morgan fingerprint density at radius 3 is 2.76 bits per heavy atom. The molecule has 3 heterocycles. The van der Waals surface area contributed by atoms with Crippen molar-refractivity contribution >= 4 is 28.2 Å². The van der Waals surface area contributed by atoms with Gasteiger partial charge in [-0.1, -0.05) is 23.8 Å². The summed E-state index contributed by atoms with van der Waals surface area (Å²) in [5.41, 5.74) is 5.01. The highest BCUT2D eigenvalue weighted by molar-refractivity contribution is 6.03. The Balaban J connectivity index is 1.44. The average molecular weight is 568 g/mol. The number of benzene rings is 2. The molecule has 1 aromatic heterocycles. The number of methoxy groups -OCH3 is 1. The summed E-state index contributed by atoms with van der Waals surface area (Å²) in [7, 11) is 1.61. The number of hydrogen-bond donors (Lipinski definition) is 2. The number of aromatic nitrogens is 1. The lowest BCUT2D eigenvalue weighted by Crippen LogP contribution is -2.39. The lowest BCUT2D eigenvalue weighted by Gasteiger charge is -2.38. The number of hydrogen-bond acceptors (Lipinski definition) is 7. The number of nitrogens with one attached hydrogen (secondary N) is 1. The summed E-state index contributed by atoms with van der Waals surface area (Å²) < 4.78 is 23.9. The second-order valence-corrected chi connectivity index (χ2v) is 11.8. The third-order valence-electron chi connectivity index (χ3n) is 8.87. The van der Waals surface area contributed by atoms with Crippen molar-refractivity contribution in [3.63, 3.8) is 0 Å². The zero-order valence-electron chi connectivity index (χ0n) is 24.1. The van der Waals surface area contributed by atoms with Crippen LogP contribution >= 0.6 is 0 Å². The topological polar surface area (TPSA) is 107 Å². The maximum Gasteiger partial charge on any atom is 0.374 e. The summed E-state index contributed by atoms with van der Waals surface area (Å²) in [6.45, 7) is 5.39. The van der Waals surface area contributed by atoms with Gasteiger partial charge in [-0.15, -0.1) is 0 Å². The Morgan fingerprint density at radius 2 is 2.00 bits per heavy atom. The van der Waals surface area contributed by atoms with Crippen molar-refractivity contribution in [3.05, 3.63) is 82.3 Å². The smallest absolute Gasteiger partial charge is 0.374 e. The predicted octanol–water partition coefficient (Wildman–Crippen LogP) is 5.55. The highest BCUT2D eigenvalue weighted by Crippen LogP contribution is 2.57. The minimum atomic E-state index is -1.08. The first kappa shape index (κ1) is 26.6. The van der Waals surface area contributed by atoms with Crippen LogP contribution in [-0.4, -0.2) is 47.3 Å². The molecule has 0 radical (unpaired) electrons. The van der Waals surface area contributed by atoms with Crippen LogP contribution in [-0.2, 0) is 20.7 Å². The number of aliphatic hydroxyl groups is 1. The van der Waals surface area contributed by atoms with Gasteiger partial charge in [0.1, 0.15) is 29.1 Å². The highest BCUT2D eigenvalue weighted by Gasteiger charge is 2.45. The van der Waals surface area contributed by atoms with Gasteiger partial charge in [0.15, 0.2) is 0 Å². The molecule has 8 nitrogen and oxygen atoms in total. The van der Waals surface area contributed by atoms with E-state index < -0.39 is 17.7 Å². The maximum atomic E-state index is 13.6. The third kappa shape index (κ3) is 4.00. The third-order valence-corrected chi connectivity index (χ3v) is 8.87. The second kappa shape index (κ2) is 9.63. The van der Waals surface area contributed by atoms with Crippen LogP contribution in [0.2, 0.25) is 0 Å². The molecule has 2 aliphatic carbocycles. The molecule has 8 heteroatoms. The van der Waals surface area contributed by atoms with Crippen molar-refractivity contribution < 1.29 is 33.6 Å². The van der Waals surface area contributed by atoms with E-state index in [1.165, 1.54) is 0 Å². The normalized spacial score (nSPS) is 22.7. The average Bonchev–Trinajstić information content (AvgIpc) is 3.62. The van der Waals surface area contributed by atoms with Crippen LogP contribution in [0.5, 0.6) is 17.2 Å². The van der Waals surface area contributed by atoms with E-state index >= 15 is 0 Å². The minimum absolute atomic E-state index is 0.0998. The van der Waals surface area contributed by atoms with Crippen LogP contribution in [0.4, 0.5) is 0 Å². The SMILES string of the molecule is CCOC(=O)C1=C2C=CC3C(=C2c2c(cc4c(c2OC)CC(C(C)(C)O)O4)O1)CCC(=O)C3c1ccc2[nH]ccc2c1. The largest absolute Gasteiger partial charge is 0.496 e. The zero-order valence-corrected chi connectivity index (χ0v) is 24.1. The molecule has 0 spiro atoms. The number of rotatable bonds is 5. The fourth-order valence-electron chi connectivity index (χ4n) is 6.88. The number of allylic oxidation sites excluding steroid dienone is 5. The Hall–Kier alpha value is -4.30. The maximum absolute atomic E-state index is 13.6. The Kier molecular flexibility index (Phi) is 6.10. The van der Waals surface area contributed by atoms with Crippen molar-refractivity contribution in [2.24, 2.45) is 5.92 Å². The van der Waals surface area contributed by atoms with Crippen molar-refractivity contribution in [2.45, 2.75) is 57.7 Å². The number of carbonyl (C=O) groups is 2. The molecule has 216 valence electrons. The lowest BCUT2D eigenvalue weighted by molar-refractivity contribution is -0.141. The first-order chi connectivity index (χ1) is 20.2. The molecule has 1 saturated carbocycles. The molecule has 0 saturated heterocycles. The van der Waals surface area contributed by atoms with Gasteiger partial charge >= 0.3 is 5.97 Å². The Morgan fingerprint density at radius 1 is 1.17 bits per heavy atom. The highest BCUT2D eigenvalue weighted by atomic mass is 16.6. The van der Waals surface area contributed by atoms with Gasteiger partial charge in [0.05, 0.1) is 30.8 Å². The quantitative estimate of drug-likeness (QED) is 0.390. The monoisotopic (exact) mass is 567 g/mol. The number of H-pyrrole nitrogens is 1. The second-order valence-electron chi connectivity index (χ2n) is 11.8. The molecule has 4 aliphatic rings. The van der Waals surface area contributed by atoms with Crippen molar-refractivity contribution in [3.8, 4) is 17.2 Å². The summed E-state index contributed by atoms with van der Waals surface area (Å²) >= 11 is 0. The van der Waals surface area contributed by atoms with Crippen LogP contribution in [0.1, 0.15) is 56.2 Å². The fourth-order valence-corrected chi connectivity index (χ4v) is 6.88. The van der Waals surface area contributed by atoms with E-state index in [1.807, 2.05) is 36.5 Å². The zero-order chi connectivity index (χ0) is 29.3. The van der Waals surface area contributed by atoms with Gasteiger partial charge < -0.3 is 29.0 Å². The number of ketones is 1. The van der Waals surface area contributed by atoms with Gasteiger partial charge in [-0.3, -0.25) is 4.79 Å². The first-order valence-electron chi connectivity index (χ1n) is 14.4. The molecule has 3 atom stereocenters. The molecular formula is C34H33NO7. The number of aromatic amines is 1. The molecule has 3 aromatic rings. The number of Topliss-reactive ketones (excluding diaryl/α,β-unsaturated/α-hetero) is 1. The number of esters is 1. The molecule has 0 bridgehead atoms. The van der Waals surface area contributed by atoms with Gasteiger partial charge in [0.2, 0.25) is 5.76 Å². The molecule has 2 aliphatic heterocycles. The van der Waals surface area contributed by atoms with Gasteiger partial charge in [-0.05, 0) is 56.3 Å². The molecule has 7 rings (SSSR count).